The number of carbonyl (C=O) groups excluding carboxylic acids is 4. The van der Waals surface area contributed by atoms with Gasteiger partial charge in [0, 0.05) is 22.3 Å². The molecule has 0 aliphatic rings. The molecule has 0 aliphatic heterocycles. The Hall–Kier alpha value is -5.84. The van der Waals surface area contributed by atoms with Gasteiger partial charge in [0.2, 0.25) is 0 Å². The maximum atomic E-state index is 12.3. The number of nitrogens with two attached hydrogens (primary N) is 4. The molecule has 12 heteroatoms. The molecule has 5 aromatic carbocycles. The molecule has 0 heterocycles. The van der Waals surface area contributed by atoms with Gasteiger partial charge in [-0.15, -0.1) is 0 Å². The normalized spacial score (nSPS) is 9.78. The van der Waals surface area contributed by atoms with Crippen LogP contribution in [0.1, 0.15) is 41.4 Å². The Kier molecular flexibility index (Phi) is 12.7. The van der Waals surface area contributed by atoms with E-state index in [0.717, 1.165) is 0 Å². The van der Waals surface area contributed by atoms with Crippen molar-refractivity contribution in [1.82, 2.24) is 0 Å². The van der Waals surface area contributed by atoms with Crippen molar-refractivity contribution in [3.05, 3.63) is 144 Å². The van der Waals surface area contributed by atoms with Crippen molar-refractivity contribution in [2.45, 2.75) is 0 Å². The van der Waals surface area contributed by atoms with Crippen molar-refractivity contribution in [1.29, 1.82) is 0 Å². The molecule has 46 heavy (non-hydrogen) atoms. The number of hydrogen-bond acceptors (Lipinski definition) is 8. The molecule has 0 bridgehead atoms. The summed E-state index contributed by atoms with van der Waals surface area (Å²) in [7, 11) is 0. The van der Waals surface area contributed by atoms with Gasteiger partial charge < -0.3 is 33.6 Å². The van der Waals surface area contributed by atoms with Gasteiger partial charge in [-0.05, 0) is 108 Å². The van der Waals surface area contributed by atoms with E-state index >= 15 is 0 Å². The van der Waals surface area contributed by atoms with Crippen LogP contribution >= 0.6 is 23.2 Å². The van der Waals surface area contributed by atoms with Crippen molar-refractivity contribution in [3.63, 3.8) is 0 Å². The molecule has 5 rings (SSSR count). The van der Waals surface area contributed by atoms with E-state index in [4.69, 9.17) is 46.1 Å². The van der Waals surface area contributed by atoms with Gasteiger partial charge in [-0.25, -0.2) is 0 Å². The van der Waals surface area contributed by atoms with Crippen molar-refractivity contribution in [3.8, 4) is 0 Å². The van der Waals surface area contributed by atoms with E-state index in [-0.39, 0.29) is 11.8 Å². The Morgan fingerprint density at radius 1 is 0.391 bits per heavy atom. The second-order valence-electron chi connectivity index (χ2n) is 9.41. The molecule has 0 spiro atoms. The van der Waals surface area contributed by atoms with E-state index in [1.165, 1.54) is 24.3 Å². The highest BCUT2D eigenvalue weighted by atomic mass is 35.5. The van der Waals surface area contributed by atoms with E-state index in [9.17, 15) is 19.2 Å². The monoisotopic (exact) mass is 656 g/mol. The largest absolute Gasteiger partial charge is 0.397 e. The Labute approximate surface area is 275 Å². The van der Waals surface area contributed by atoms with Gasteiger partial charge in [0.1, 0.15) is 0 Å². The summed E-state index contributed by atoms with van der Waals surface area (Å²) in [5, 5.41) is 4.38. The molecule has 5 aromatic rings. The minimum Gasteiger partial charge on any atom is -0.397 e. The molecule has 0 aromatic heterocycles. The maximum Gasteiger partial charge on any atom is 0.255 e. The lowest BCUT2D eigenvalue weighted by atomic mass is 10.1. The summed E-state index contributed by atoms with van der Waals surface area (Å²) in [5.74, 6) is -0.607. The number of benzene rings is 5. The van der Waals surface area contributed by atoms with Crippen molar-refractivity contribution < 1.29 is 19.2 Å². The molecular weight excluding hydrogens is 627 g/mol. The lowest BCUT2D eigenvalue weighted by molar-refractivity contribution is 0.101. The van der Waals surface area contributed by atoms with Gasteiger partial charge in [0.15, 0.2) is 0 Å². The zero-order valence-electron chi connectivity index (χ0n) is 24.2. The van der Waals surface area contributed by atoms with Crippen LogP contribution < -0.4 is 33.6 Å². The topological polar surface area (TPSA) is 196 Å². The second-order valence-corrected chi connectivity index (χ2v) is 10.1. The van der Waals surface area contributed by atoms with Crippen LogP contribution in [-0.4, -0.2) is 22.3 Å². The highest BCUT2D eigenvalue weighted by Crippen LogP contribution is 2.20. The molecule has 0 saturated carbocycles. The molecule has 0 unspecified atom stereocenters. The third-order valence-corrected chi connectivity index (χ3v) is 6.60. The Balaban J connectivity index is 0.000000236. The third kappa shape index (κ3) is 10.4. The average Bonchev–Trinajstić information content (AvgIpc) is 3.05. The quantitative estimate of drug-likeness (QED) is 0.0862. The van der Waals surface area contributed by atoms with Gasteiger partial charge >= 0.3 is 0 Å². The zero-order valence-corrected chi connectivity index (χ0v) is 25.8. The first-order chi connectivity index (χ1) is 22.0. The summed E-state index contributed by atoms with van der Waals surface area (Å²) in [5.41, 5.74) is 27.3. The number of halogens is 2. The lowest BCUT2D eigenvalue weighted by Gasteiger charge is -2.09. The third-order valence-electron chi connectivity index (χ3n) is 6.16. The molecule has 10 N–H and O–H groups in total. The molecule has 0 atom stereocenters. The molecule has 0 radical (unpaired) electrons. The fourth-order valence-corrected chi connectivity index (χ4v) is 3.88. The van der Waals surface area contributed by atoms with Gasteiger partial charge in [-0.2, -0.15) is 0 Å². The summed E-state index contributed by atoms with van der Waals surface area (Å²) >= 11 is 10.4. The molecule has 0 aliphatic carbocycles. The van der Waals surface area contributed by atoms with Crippen LogP contribution in [0.5, 0.6) is 0 Å². The molecule has 10 nitrogen and oxygen atoms in total. The Morgan fingerprint density at radius 3 is 0.913 bits per heavy atom. The van der Waals surface area contributed by atoms with Crippen molar-refractivity contribution in [2.75, 3.05) is 33.6 Å². The molecule has 2 amide bonds. The highest BCUT2D eigenvalue weighted by Gasteiger charge is 2.11. The van der Waals surface area contributed by atoms with E-state index < -0.39 is 10.5 Å². The first-order valence-electron chi connectivity index (χ1n) is 13.5. The average molecular weight is 658 g/mol. The summed E-state index contributed by atoms with van der Waals surface area (Å²) in [6, 6.07) is 33.4. The van der Waals surface area contributed by atoms with Crippen LogP contribution in [0.4, 0.5) is 34.1 Å². The van der Waals surface area contributed by atoms with Crippen LogP contribution in [0.25, 0.3) is 0 Å². The Bertz CT molecular complexity index is 1700. The van der Waals surface area contributed by atoms with Gasteiger partial charge in [0.25, 0.3) is 22.3 Å². The molecule has 0 fully saturated rings. The van der Waals surface area contributed by atoms with Crippen LogP contribution in [-0.2, 0) is 0 Å². The molecule has 0 saturated heterocycles. The second kappa shape index (κ2) is 16.9. The van der Waals surface area contributed by atoms with E-state index in [1.54, 1.807) is 84.9 Å². The zero-order chi connectivity index (χ0) is 33.6. The smallest absolute Gasteiger partial charge is 0.255 e. The summed E-state index contributed by atoms with van der Waals surface area (Å²) in [4.78, 5) is 45.7. The number of anilines is 6. The summed E-state index contributed by atoms with van der Waals surface area (Å²) < 4.78 is 0. The number of rotatable bonds is 6. The minimum atomic E-state index is -0.552. The number of nitrogen functional groups attached to an aromatic ring is 4. The van der Waals surface area contributed by atoms with Crippen molar-refractivity contribution >= 4 is 79.6 Å². The minimum absolute atomic E-state index is 0.304. The van der Waals surface area contributed by atoms with E-state index in [2.05, 4.69) is 10.6 Å². The van der Waals surface area contributed by atoms with Crippen LogP contribution in [0.2, 0.25) is 0 Å². The van der Waals surface area contributed by atoms with Crippen molar-refractivity contribution in [2.24, 2.45) is 0 Å². The van der Waals surface area contributed by atoms with Crippen LogP contribution in [0.3, 0.4) is 0 Å². The predicted molar refractivity (Wildman–Crippen MR) is 186 cm³/mol. The first-order valence-corrected chi connectivity index (χ1v) is 14.2. The van der Waals surface area contributed by atoms with Gasteiger partial charge in [0.05, 0.1) is 34.1 Å². The van der Waals surface area contributed by atoms with Gasteiger partial charge in [-0.1, -0.05) is 36.4 Å². The summed E-state index contributed by atoms with van der Waals surface area (Å²) in [6.07, 6.45) is 0. The Morgan fingerprint density at radius 2 is 0.652 bits per heavy atom. The number of hydrogen-bond donors (Lipinski definition) is 6. The SMILES string of the molecule is Nc1ccccc1N.Nc1ccccc1NC(=O)c1ccc(C(=O)Nc2ccccc2N)cc1.O=C(Cl)c1ccc(C(=O)Cl)cc1. The number of nitrogens with one attached hydrogen (secondary N) is 2. The number of amides is 2. The number of carbonyl (C=O) groups is 4. The van der Waals surface area contributed by atoms with Gasteiger partial charge in [-0.3, -0.25) is 19.2 Å². The lowest BCUT2D eigenvalue weighted by Crippen LogP contribution is -2.15. The standard InChI is InChI=1S/C20H18N4O2.C8H4Cl2O2.C6H8N2/c21-15-5-1-3-7-17(15)23-19(25)13-9-11-14(12-10-13)20(26)24-18-8-4-2-6-16(18)22;9-7(11)5-1-2-6(4-3-5)8(10)12;7-5-3-1-2-4-6(5)8/h1-12H,21-22H2,(H,23,25)(H,24,26);1-4H;1-4H,7-8H2. The number of para-hydroxylation sites is 6. The van der Waals surface area contributed by atoms with Crippen LogP contribution in [0.15, 0.2) is 121 Å². The fourth-order valence-electron chi connectivity index (χ4n) is 3.63. The first kappa shape index (κ1) is 34.6. The van der Waals surface area contributed by atoms with Crippen LogP contribution in [0, 0.1) is 0 Å². The maximum absolute atomic E-state index is 12.3. The molecule has 234 valence electrons. The van der Waals surface area contributed by atoms with E-state index in [0.29, 0.717) is 56.4 Å². The summed E-state index contributed by atoms with van der Waals surface area (Å²) in [6.45, 7) is 0. The highest BCUT2D eigenvalue weighted by molar-refractivity contribution is 6.68. The fraction of sp³-hybridized carbons (Fsp3) is 0. The van der Waals surface area contributed by atoms with E-state index in [1.807, 2.05) is 12.1 Å². The predicted octanol–water partition coefficient (Wildman–Crippen LogP) is 6.65. The molecular formula is C34H30Cl2N6O4.